The summed E-state index contributed by atoms with van der Waals surface area (Å²) in [6.07, 6.45) is 3.56. The minimum absolute atomic E-state index is 0.838. The third kappa shape index (κ3) is 3.84. The summed E-state index contributed by atoms with van der Waals surface area (Å²) in [6.45, 7) is 5.06. The molecule has 0 aliphatic heterocycles. The highest BCUT2D eigenvalue weighted by molar-refractivity contribution is 5.65. The first-order valence-electron chi connectivity index (χ1n) is 7.27. The highest BCUT2D eigenvalue weighted by atomic mass is 16.5. The predicted octanol–water partition coefficient (Wildman–Crippen LogP) is 3.61. The monoisotopic (exact) mass is 286 g/mol. The molecule has 112 valence electrons. The Kier molecular flexibility index (Phi) is 5.37. The van der Waals surface area contributed by atoms with Crippen LogP contribution < -0.4 is 15.4 Å². The van der Waals surface area contributed by atoms with Gasteiger partial charge < -0.3 is 15.4 Å². The first-order chi connectivity index (χ1) is 10.3. The van der Waals surface area contributed by atoms with E-state index in [1.165, 1.54) is 0 Å². The second-order valence-corrected chi connectivity index (χ2v) is 4.68. The lowest BCUT2D eigenvalue weighted by molar-refractivity contribution is 0.415. The van der Waals surface area contributed by atoms with E-state index in [9.17, 15) is 0 Å². The van der Waals surface area contributed by atoms with Gasteiger partial charge in [-0.2, -0.15) is 0 Å². The van der Waals surface area contributed by atoms with Crippen molar-refractivity contribution in [2.45, 2.75) is 26.7 Å². The van der Waals surface area contributed by atoms with Gasteiger partial charge in [-0.25, -0.2) is 9.97 Å². The van der Waals surface area contributed by atoms with Gasteiger partial charge in [0.25, 0.3) is 0 Å². The van der Waals surface area contributed by atoms with Crippen LogP contribution in [0.2, 0.25) is 0 Å². The first-order valence-corrected chi connectivity index (χ1v) is 7.27. The number of hydrogen-bond acceptors (Lipinski definition) is 5. The van der Waals surface area contributed by atoms with E-state index < -0.39 is 0 Å². The summed E-state index contributed by atoms with van der Waals surface area (Å²) in [7, 11) is 1.66. The van der Waals surface area contributed by atoms with Crippen LogP contribution in [0.25, 0.3) is 0 Å². The topological polar surface area (TPSA) is 59.1 Å². The van der Waals surface area contributed by atoms with Crippen LogP contribution >= 0.6 is 0 Å². The molecule has 0 atom stereocenters. The maximum Gasteiger partial charge on any atom is 0.139 e. The van der Waals surface area contributed by atoms with Crippen molar-refractivity contribution in [2.24, 2.45) is 0 Å². The fraction of sp³-hybridized carbons (Fsp3) is 0.375. The smallest absolute Gasteiger partial charge is 0.139 e. The molecule has 0 saturated carbocycles. The molecule has 2 aromatic rings. The van der Waals surface area contributed by atoms with Crippen LogP contribution in [-0.2, 0) is 6.42 Å². The van der Waals surface area contributed by atoms with E-state index in [1.807, 2.05) is 24.3 Å². The van der Waals surface area contributed by atoms with Crippen molar-refractivity contribution in [1.29, 1.82) is 0 Å². The second-order valence-electron chi connectivity index (χ2n) is 4.68. The normalized spacial score (nSPS) is 10.2. The zero-order valence-corrected chi connectivity index (χ0v) is 12.8. The Morgan fingerprint density at radius 1 is 1.05 bits per heavy atom. The molecular weight excluding hydrogens is 264 g/mol. The Balaban J connectivity index is 2.26. The van der Waals surface area contributed by atoms with Gasteiger partial charge in [-0.05, 0) is 37.6 Å². The molecule has 0 unspecified atom stereocenters. The van der Waals surface area contributed by atoms with Crippen LogP contribution in [0, 0.1) is 0 Å². The molecule has 0 spiro atoms. The fourth-order valence-electron chi connectivity index (χ4n) is 2.14. The molecule has 0 aliphatic rings. The molecule has 21 heavy (non-hydrogen) atoms. The zero-order valence-electron chi connectivity index (χ0n) is 12.8. The van der Waals surface area contributed by atoms with Crippen molar-refractivity contribution in [3.63, 3.8) is 0 Å². The minimum atomic E-state index is 0.838. The highest BCUT2D eigenvalue weighted by Crippen LogP contribution is 2.25. The van der Waals surface area contributed by atoms with Crippen molar-refractivity contribution in [3.8, 4) is 5.75 Å². The number of methoxy groups -OCH3 is 1. The molecule has 1 aromatic heterocycles. The van der Waals surface area contributed by atoms with Crippen molar-refractivity contribution < 1.29 is 4.74 Å². The number of anilines is 3. The lowest BCUT2D eigenvalue weighted by atomic mass is 10.1. The summed E-state index contributed by atoms with van der Waals surface area (Å²) in [4.78, 5) is 8.72. The van der Waals surface area contributed by atoms with Crippen LogP contribution in [0.3, 0.4) is 0 Å². The number of hydrogen-bond donors (Lipinski definition) is 2. The molecule has 0 radical (unpaired) electrons. The van der Waals surface area contributed by atoms with Crippen molar-refractivity contribution in [1.82, 2.24) is 9.97 Å². The van der Waals surface area contributed by atoms with E-state index in [1.54, 1.807) is 13.4 Å². The third-order valence-electron chi connectivity index (χ3n) is 3.14. The molecular formula is C16H22N4O. The Labute approximate surface area is 125 Å². The lowest BCUT2D eigenvalue weighted by Gasteiger charge is -2.14. The molecule has 5 heteroatoms. The van der Waals surface area contributed by atoms with Gasteiger partial charge in [0.05, 0.1) is 7.11 Å². The number of nitrogens with one attached hydrogen (secondary N) is 2. The van der Waals surface area contributed by atoms with E-state index in [2.05, 4.69) is 34.4 Å². The fourth-order valence-corrected chi connectivity index (χ4v) is 2.14. The zero-order chi connectivity index (χ0) is 15.1. The molecule has 2 N–H and O–H groups in total. The number of rotatable bonds is 7. The number of nitrogens with zero attached hydrogens (tertiary/aromatic N) is 2. The maximum absolute atomic E-state index is 5.17. The summed E-state index contributed by atoms with van der Waals surface area (Å²) in [6, 6.07) is 7.80. The number of ether oxygens (including phenoxy) is 1. The summed E-state index contributed by atoms with van der Waals surface area (Å²) in [5.41, 5.74) is 2.10. The average molecular weight is 286 g/mol. The quantitative estimate of drug-likeness (QED) is 0.814. The van der Waals surface area contributed by atoms with E-state index in [4.69, 9.17) is 4.74 Å². The Bertz CT molecular complexity index is 569. The second kappa shape index (κ2) is 7.47. The van der Waals surface area contributed by atoms with Crippen LogP contribution in [0.1, 0.15) is 25.8 Å². The molecule has 0 amide bonds. The summed E-state index contributed by atoms with van der Waals surface area (Å²) >= 11 is 0. The summed E-state index contributed by atoms with van der Waals surface area (Å²) < 4.78 is 5.17. The van der Waals surface area contributed by atoms with Crippen molar-refractivity contribution >= 4 is 17.3 Å². The Hall–Kier alpha value is -2.30. The SMILES string of the molecule is CCCc1c(NCC)ncnc1Nc1ccc(OC)cc1. The lowest BCUT2D eigenvalue weighted by Crippen LogP contribution is -2.08. The van der Waals surface area contributed by atoms with Gasteiger partial charge in [-0.15, -0.1) is 0 Å². The number of aromatic nitrogens is 2. The molecule has 0 aliphatic carbocycles. The van der Waals surface area contributed by atoms with Gasteiger partial charge in [-0.1, -0.05) is 13.3 Å². The molecule has 1 aromatic carbocycles. The molecule has 1 heterocycles. The van der Waals surface area contributed by atoms with Crippen molar-refractivity contribution in [2.75, 3.05) is 24.3 Å². The molecule has 0 fully saturated rings. The van der Waals surface area contributed by atoms with Crippen LogP contribution in [0.15, 0.2) is 30.6 Å². The van der Waals surface area contributed by atoms with Gasteiger partial charge >= 0.3 is 0 Å². The predicted molar refractivity (Wildman–Crippen MR) is 86.5 cm³/mol. The van der Waals surface area contributed by atoms with E-state index in [-0.39, 0.29) is 0 Å². The first kappa shape index (κ1) is 15.1. The molecule has 5 nitrogen and oxygen atoms in total. The van der Waals surface area contributed by atoms with Crippen LogP contribution in [-0.4, -0.2) is 23.6 Å². The summed E-state index contributed by atoms with van der Waals surface area (Å²) in [5, 5.41) is 6.66. The van der Waals surface area contributed by atoms with E-state index >= 15 is 0 Å². The van der Waals surface area contributed by atoms with Gasteiger partial charge in [0.15, 0.2) is 0 Å². The minimum Gasteiger partial charge on any atom is -0.497 e. The van der Waals surface area contributed by atoms with Crippen LogP contribution in [0.5, 0.6) is 5.75 Å². The third-order valence-corrected chi connectivity index (χ3v) is 3.14. The average Bonchev–Trinajstić information content (AvgIpc) is 2.51. The number of benzene rings is 1. The maximum atomic E-state index is 5.17. The van der Waals surface area contributed by atoms with Crippen LogP contribution in [0.4, 0.5) is 17.3 Å². The molecule has 0 bridgehead atoms. The van der Waals surface area contributed by atoms with E-state index in [0.717, 1.165) is 48.0 Å². The van der Waals surface area contributed by atoms with Crippen molar-refractivity contribution in [3.05, 3.63) is 36.2 Å². The Morgan fingerprint density at radius 2 is 1.76 bits per heavy atom. The van der Waals surface area contributed by atoms with Gasteiger partial charge in [-0.3, -0.25) is 0 Å². The van der Waals surface area contributed by atoms with Gasteiger partial charge in [0.2, 0.25) is 0 Å². The van der Waals surface area contributed by atoms with E-state index in [0.29, 0.717) is 0 Å². The summed E-state index contributed by atoms with van der Waals surface area (Å²) in [5.74, 6) is 2.60. The highest BCUT2D eigenvalue weighted by Gasteiger charge is 2.10. The standard InChI is InChI=1S/C16H22N4O/c1-4-6-14-15(17-5-2)18-11-19-16(14)20-12-7-9-13(21-3)10-8-12/h7-11H,4-6H2,1-3H3,(H2,17,18,19,20). The Morgan fingerprint density at radius 3 is 2.38 bits per heavy atom. The largest absolute Gasteiger partial charge is 0.497 e. The molecule has 2 rings (SSSR count). The van der Waals surface area contributed by atoms with Gasteiger partial charge in [0.1, 0.15) is 23.7 Å². The van der Waals surface area contributed by atoms with Gasteiger partial charge in [0, 0.05) is 17.8 Å². The molecule has 0 saturated heterocycles.